The third-order valence-corrected chi connectivity index (χ3v) is 5.39. The molecule has 0 bridgehead atoms. The van der Waals surface area contributed by atoms with E-state index in [1.54, 1.807) is 29.5 Å². The lowest BCUT2D eigenvalue weighted by Crippen LogP contribution is -2.38. The Hall–Kier alpha value is -1.88. The molecule has 5 heteroatoms. The Morgan fingerprint density at radius 3 is 2.81 bits per heavy atom. The van der Waals surface area contributed by atoms with E-state index in [0.717, 1.165) is 29.8 Å². The summed E-state index contributed by atoms with van der Waals surface area (Å²) in [6.07, 6.45) is 3.85. The lowest BCUT2D eigenvalue weighted by Gasteiger charge is -2.27. The van der Waals surface area contributed by atoms with Gasteiger partial charge in [-0.2, -0.15) is 0 Å². The third-order valence-electron chi connectivity index (χ3n) is 4.17. The summed E-state index contributed by atoms with van der Waals surface area (Å²) in [5.74, 6) is -0.392. The van der Waals surface area contributed by atoms with Gasteiger partial charge in [-0.15, -0.1) is 11.3 Å². The fourth-order valence-electron chi connectivity index (χ4n) is 3.14. The largest absolute Gasteiger partial charge is 0.353 e. The minimum Gasteiger partial charge on any atom is -0.353 e. The number of hydrogen-bond donors (Lipinski definition) is 2. The minimum atomic E-state index is -0.494. The number of amides is 1. The molecule has 3 nitrogen and oxygen atoms in total. The molecule has 21 heavy (non-hydrogen) atoms. The molecule has 0 saturated carbocycles. The molecule has 1 aromatic heterocycles. The van der Waals surface area contributed by atoms with Gasteiger partial charge in [-0.05, 0) is 37.3 Å². The molecule has 1 aromatic carbocycles. The highest BCUT2D eigenvalue weighted by Crippen LogP contribution is 2.41. The zero-order valence-corrected chi connectivity index (χ0v) is 12.2. The van der Waals surface area contributed by atoms with Gasteiger partial charge in [-0.3, -0.25) is 4.79 Å². The number of benzene rings is 1. The molecule has 2 aromatic rings. The Bertz CT molecular complexity index is 725. The molecular formula is C16H15FN2OS. The number of aryl methyl sites for hydroxylation is 1. The van der Waals surface area contributed by atoms with Gasteiger partial charge in [0.2, 0.25) is 0 Å². The van der Waals surface area contributed by atoms with E-state index in [0.29, 0.717) is 5.56 Å². The second kappa shape index (κ2) is 4.84. The number of carbonyl (C=O) groups is 1. The summed E-state index contributed by atoms with van der Waals surface area (Å²) in [6, 6.07) is 6.55. The van der Waals surface area contributed by atoms with Crippen LogP contribution in [0.1, 0.15) is 45.4 Å². The van der Waals surface area contributed by atoms with E-state index >= 15 is 0 Å². The standard InChI is InChI=1S/C16H15FN2OS/c17-11-7-3-1-5-9(11)14-18-15(20)13-10-6-2-4-8-12(10)21-16(13)19-14/h1,3,5,7,14,19H,2,4,6,8H2,(H,18,20)/t14-/m0/s1. The van der Waals surface area contributed by atoms with Gasteiger partial charge in [0.05, 0.1) is 5.56 Å². The summed E-state index contributed by atoms with van der Waals surface area (Å²) < 4.78 is 13.9. The van der Waals surface area contributed by atoms with Crippen LogP contribution in [0.25, 0.3) is 0 Å². The highest BCUT2D eigenvalue weighted by atomic mass is 32.1. The highest BCUT2D eigenvalue weighted by molar-refractivity contribution is 7.16. The normalized spacial score (nSPS) is 20.2. The number of thiophene rings is 1. The van der Waals surface area contributed by atoms with E-state index in [-0.39, 0.29) is 11.7 Å². The number of halogens is 1. The van der Waals surface area contributed by atoms with Crippen LogP contribution in [0.15, 0.2) is 24.3 Å². The number of carbonyl (C=O) groups excluding carboxylic acids is 1. The Kier molecular flexibility index (Phi) is 2.96. The molecule has 0 radical (unpaired) electrons. The number of hydrogen-bond acceptors (Lipinski definition) is 3. The van der Waals surface area contributed by atoms with Crippen LogP contribution >= 0.6 is 11.3 Å². The van der Waals surface area contributed by atoms with Gasteiger partial charge in [0.25, 0.3) is 5.91 Å². The molecule has 1 aliphatic carbocycles. The zero-order valence-electron chi connectivity index (χ0n) is 11.4. The first-order chi connectivity index (χ1) is 10.2. The predicted molar refractivity (Wildman–Crippen MR) is 81.2 cm³/mol. The van der Waals surface area contributed by atoms with Crippen LogP contribution in [0.3, 0.4) is 0 Å². The van der Waals surface area contributed by atoms with E-state index in [1.165, 1.54) is 22.9 Å². The number of fused-ring (bicyclic) bond motifs is 3. The molecule has 1 atom stereocenters. The molecule has 108 valence electrons. The van der Waals surface area contributed by atoms with Crippen molar-refractivity contribution in [2.24, 2.45) is 0 Å². The van der Waals surface area contributed by atoms with Crippen LogP contribution in [0, 0.1) is 5.82 Å². The summed E-state index contributed by atoms with van der Waals surface area (Å²) in [5.41, 5.74) is 2.45. The van der Waals surface area contributed by atoms with Crippen molar-refractivity contribution in [2.45, 2.75) is 31.8 Å². The zero-order chi connectivity index (χ0) is 14.4. The van der Waals surface area contributed by atoms with Gasteiger partial charge in [0.1, 0.15) is 17.0 Å². The van der Waals surface area contributed by atoms with Crippen LogP contribution in [0.4, 0.5) is 9.39 Å². The predicted octanol–water partition coefficient (Wildman–Crippen LogP) is 3.62. The molecule has 2 heterocycles. The first-order valence-corrected chi connectivity index (χ1v) is 8.02. The maximum Gasteiger partial charge on any atom is 0.256 e. The second-order valence-corrected chi connectivity index (χ2v) is 6.59. The first kappa shape index (κ1) is 12.8. The lowest BCUT2D eigenvalue weighted by molar-refractivity contribution is 0.0934. The van der Waals surface area contributed by atoms with Gasteiger partial charge < -0.3 is 10.6 Å². The van der Waals surface area contributed by atoms with Crippen molar-refractivity contribution in [2.75, 3.05) is 5.32 Å². The quantitative estimate of drug-likeness (QED) is 0.845. The summed E-state index contributed by atoms with van der Waals surface area (Å²) in [5, 5.41) is 7.06. The molecular weight excluding hydrogens is 287 g/mol. The average Bonchev–Trinajstić information content (AvgIpc) is 2.86. The average molecular weight is 302 g/mol. The summed E-state index contributed by atoms with van der Waals surface area (Å²) in [4.78, 5) is 13.8. The maximum absolute atomic E-state index is 13.9. The fraction of sp³-hybridized carbons (Fsp3) is 0.312. The first-order valence-electron chi connectivity index (χ1n) is 7.20. The van der Waals surface area contributed by atoms with Crippen LogP contribution in [-0.2, 0) is 12.8 Å². The monoisotopic (exact) mass is 302 g/mol. The molecule has 0 unspecified atom stereocenters. The Labute approximate surface area is 126 Å². The van der Waals surface area contributed by atoms with Gasteiger partial charge in [-0.25, -0.2) is 4.39 Å². The molecule has 4 rings (SSSR count). The van der Waals surface area contributed by atoms with Gasteiger partial charge in [0.15, 0.2) is 0 Å². The second-order valence-electron chi connectivity index (χ2n) is 5.49. The number of rotatable bonds is 1. The van der Waals surface area contributed by atoms with Crippen LogP contribution in [0.2, 0.25) is 0 Å². The van der Waals surface area contributed by atoms with Crippen molar-refractivity contribution in [1.82, 2.24) is 5.32 Å². The SMILES string of the molecule is O=C1N[C@H](c2ccccc2F)Nc2sc3c(c21)CCCC3. The van der Waals surface area contributed by atoms with E-state index in [9.17, 15) is 9.18 Å². The van der Waals surface area contributed by atoms with Crippen LogP contribution < -0.4 is 10.6 Å². The molecule has 0 spiro atoms. The maximum atomic E-state index is 13.9. The minimum absolute atomic E-state index is 0.0867. The van der Waals surface area contributed by atoms with E-state index in [2.05, 4.69) is 10.6 Å². The smallest absolute Gasteiger partial charge is 0.256 e. The Balaban J connectivity index is 1.74. The third kappa shape index (κ3) is 2.03. The molecule has 1 aliphatic heterocycles. The van der Waals surface area contributed by atoms with Crippen LogP contribution in [-0.4, -0.2) is 5.91 Å². The van der Waals surface area contributed by atoms with Crippen molar-refractivity contribution < 1.29 is 9.18 Å². The topological polar surface area (TPSA) is 41.1 Å². The molecule has 2 aliphatic rings. The van der Waals surface area contributed by atoms with Crippen LogP contribution in [0.5, 0.6) is 0 Å². The van der Waals surface area contributed by atoms with Crippen molar-refractivity contribution in [3.63, 3.8) is 0 Å². The van der Waals surface area contributed by atoms with E-state index < -0.39 is 6.17 Å². The van der Waals surface area contributed by atoms with Gasteiger partial charge in [-0.1, -0.05) is 18.2 Å². The molecule has 2 N–H and O–H groups in total. The number of anilines is 1. The molecule has 0 fully saturated rings. The van der Waals surface area contributed by atoms with Crippen molar-refractivity contribution >= 4 is 22.2 Å². The summed E-state index contributed by atoms with van der Waals surface area (Å²) in [7, 11) is 0. The fourth-order valence-corrected chi connectivity index (χ4v) is 4.46. The van der Waals surface area contributed by atoms with Gasteiger partial charge in [0, 0.05) is 10.4 Å². The summed E-state index contributed by atoms with van der Waals surface area (Å²) in [6.45, 7) is 0. The highest BCUT2D eigenvalue weighted by Gasteiger charge is 2.32. The van der Waals surface area contributed by atoms with Crippen molar-refractivity contribution in [1.29, 1.82) is 0 Å². The molecule has 0 saturated heterocycles. The lowest BCUT2D eigenvalue weighted by atomic mass is 9.94. The van der Waals surface area contributed by atoms with E-state index in [1.807, 2.05) is 0 Å². The van der Waals surface area contributed by atoms with Crippen molar-refractivity contribution in [3.05, 3.63) is 51.7 Å². The molecule has 1 amide bonds. The summed E-state index contributed by atoms with van der Waals surface area (Å²) >= 11 is 1.65. The number of nitrogens with one attached hydrogen (secondary N) is 2. The Morgan fingerprint density at radius 2 is 1.95 bits per heavy atom. The Morgan fingerprint density at radius 1 is 1.14 bits per heavy atom. The van der Waals surface area contributed by atoms with Crippen molar-refractivity contribution in [3.8, 4) is 0 Å². The van der Waals surface area contributed by atoms with E-state index in [4.69, 9.17) is 0 Å². The van der Waals surface area contributed by atoms with Gasteiger partial charge >= 0.3 is 0 Å².